The molecule has 6 nitrogen and oxygen atoms in total. The molecule has 0 N–H and O–H groups in total. The fourth-order valence-corrected chi connectivity index (χ4v) is 1.85. The number of halogens is 1. The van der Waals surface area contributed by atoms with Gasteiger partial charge in [-0.3, -0.25) is 19.9 Å². The summed E-state index contributed by atoms with van der Waals surface area (Å²) in [5, 5.41) is 10.9. The van der Waals surface area contributed by atoms with Crippen LogP contribution in [0.5, 0.6) is 0 Å². The Morgan fingerprint density at radius 3 is 2.55 bits per heavy atom. The first-order valence-electron chi connectivity index (χ1n) is 5.62. The molecule has 0 aliphatic rings. The minimum atomic E-state index is -0.570. The standard InChI is InChI=1S/C13H10ClN3O3/c1-16(9-4-6-15-7-5-9)13(18)11-8-10(17(19)20)2-3-12(11)14/h2-8H,1H3. The van der Waals surface area contributed by atoms with Crippen LogP contribution in [0.25, 0.3) is 0 Å². The summed E-state index contributed by atoms with van der Waals surface area (Å²) in [6.45, 7) is 0. The van der Waals surface area contributed by atoms with Crippen molar-refractivity contribution in [3.63, 3.8) is 0 Å². The number of pyridine rings is 1. The Labute approximate surface area is 119 Å². The minimum absolute atomic E-state index is 0.0835. The van der Waals surface area contributed by atoms with Gasteiger partial charge in [-0.2, -0.15) is 0 Å². The Morgan fingerprint density at radius 1 is 1.30 bits per heavy atom. The Hall–Kier alpha value is -2.47. The topological polar surface area (TPSA) is 76.3 Å². The highest BCUT2D eigenvalue weighted by Gasteiger charge is 2.19. The van der Waals surface area contributed by atoms with E-state index in [0.29, 0.717) is 5.69 Å². The van der Waals surface area contributed by atoms with Crippen molar-refractivity contribution in [3.8, 4) is 0 Å². The van der Waals surface area contributed by atoms with E-state index >= 15 is 0 Å². The lowest BCUT2D eigenvalue weighted by atomic mass is 10.1. The molecule has 0 spiro atoms. The minimum Gasteiger partial charge on any atom is -0.311 e. The maximum atomic E-state index is 12.3. The van der Waals surface area contributed by atoms with Gasteiger partial charge >= 0.3 is 0 Å². The highest BCUT2D eigenvalue weighted by molar-refractivity contribution is 6.34. The smallest absolute Gasteiger partial charge is 0.270 e. The van der Waals surface area contributed by atoms with Crippen molar-refractivity contribution < 1.29 is 9.72 Å². The second kappa shape index (κ2) is 5.66. The molecule has 0 unspecified atom stereocenters. The molecule has 1 aromatic carbocycles. The van der Waals surface area contributed by atoms with Gasteiger partial charge in [-0.25, -0.2) is 0 Å². The van der Waals surface area contributed by atoms with E-state index in [0.717, 1.165) is 0 Å². The molecule has 0 atom stereocenters. The van der Waals surface area contributed by atoms with Gasteiger partial charge in [0.15, 0.2) is 0 Å². The number of nitro groups is 1. The van der Waals surface area contributed by atoms with Crippen LogP contribution in [0.2, 0.25) is 5.02 Å². The first kappa shape index (κ1) is 14.0. The average Bonchev–Trinajstić information content (AvgIpc) is 2.47. The fraction of sp³-hybridized carbons (Fsp3) is 0.0769. The van der Waals surface area contributed by atoms with E-state index in [2.05, 4.69) is 4.98 Å². The van der Waals surface area contributed by atoms with Crippen LogP contribution in [0, 0.1) is 10.1 Å². The van der Waals surface area contributed by atoms with Gasteiger partial charge in [-0.1, -0.05) is 11.6 Å². The number of benzene rings is 1. The van der Waals surface area contributed by atoms with E-state index < -0.39 is 10.8 Å². The van der Waals surface area contributed by atoms with Gasteiger partial charge in [0.2, 0.25) is 0 Å². The van der Waals surface area contributed by atoms with Crippen molar-refractivity contribution in [1.29, 1.82) is 0 Å². The van der Waals surface area contributed by atoms with Crippen molar-refractivity contribution in [1.82, 2.24) is 4.98 Å². The zero-order valence-corrected chi connectivity index (χ0v) is 11.2. The number of rotatable bonds is 3. The predicted molar refractivity (Wildman–Crippen MR) is 75.1 cm³/mol. The summed E-state index contributed by atoms with van der Waals surface area (Å²) in [6.07, 6.45) is 3.10. The normalized spacial score (nSPS) is 10.1. The lowest BCUT2D eigenvalue weighted by molar-refractivity contribution is -0.384. The maximum Gasteiger partial charge on any atom is 0.270 e. The molecule has 0 radical (unpaired) electrons. The number of aromatic nitrogens is 1. The highest BCUT2D eigenvalue weighted by atomic mass is 35.5. The summed E-state index contributed by atoms with van der Waals surface area (Å²) in [4.78, 5) is 27.7. The van der Waals surface area contributed by atoms with Gasteiger partial charge in [-0.15, -0.1) is 0 Å². The van der Waals surface area contributed by atoms with Crippen molar-refractivity contribution in [2.75, 3.05) is 11.9 Å². The number of nitrogens with zero attached hydrogens (tertiary/aromatic N) is 3. The van der Waals surface area contributed by atoms with E-state index in [1.165, 1.54) is 23.1 Å². The van der Waals surface area contributed by atoms with Gasteiger partial charge in [0, 0.05) is 37.3 Å². The van der Waals surface area contributed by atoms with E-state index in [4.69, 9.17) is 11.6 Å². The molecule has 0 bridgehead atoms. The average molecular weight is 292 g/mol. The lowest BCUT2D eigenvalue weighted by Gasteiger charge is -2.17. The maximum absolute atomic E-state index is 12.3. The Kier molecular flexibility index (Phi) is 3.95. The van der Waals surface area contributed by atoms with Gasteiger partial charge in [0.1, 0.15) is 0 Å². The molecule has 1 aromatic heterocycles. The summed E-state index contributed by atoms with van der Waals surface area (Å²) in [7, 11) is 1.56. The van der Waals surface area contributed by atoms with Crippen LogP contribution >= 0.6 is 11.6 Å². The van der Waals surface area contributed by atoms with Gasteiger partial charge in [0.25, 0.3) is 11.6 Å². The van der Waals surface area contributed by atoms with Crippen molar-refractivity contribution in [2.45, 2.75) is 0 Å². The van der Waals surface area contributed by atoms with Crippen molar-refractivity contribution in [2.24, 2.45) is 0 Å². The first-order chi connectivity index (χ1) is 9.50. The number of nitro benzene ring substituents is 1. The zero-order chi connectivity index (χ0) is 14.7. The zero-order valence-electron chi connectivity index (χ0n) is 10.5. The molecule has 1 heterocycles. The molecule has 2 aromatic rings. The molecule has 0 aliphatic carbocycles. The van der Waals surface area contributed by atoms with Crippen LogP contribution in [-0.2, 0) is 0 Å². The van der Waals surface area contributed by atoms with E-state index in [1.54, 1.807) is 31.6 Å². The molecule has 7 heteroatoms. The third-order valence-electron chi connectivity index (χ3n) is 2.75. The second-order valence-corrected chi connectivity index (χ2v) is 4.40. The molecule has 20 heavy (non-hydrogen) atoms. The number of carbonyl (C=O) groups is 1. The number of hydrogen-bond acceptors (Lipinski definition) is 4. The van der Waals surface area contributed by atoms with Gasteiger partial charge < -0.3 is 4.90 Å². The molecule has 2 rings (SSSR count). The Morgan fingerprint density at radius 2 is 1.95 bits per heavy atom. The van der Waals surface area contributed by atoms with E-state index in [1.807, 2.05) is 0 Å². The van der Waals surface area contributed by atoms with Crippen LogP contribution < -0.4 is 4.90 Å². The van der Waals surface area contributed by atoms with Crippen LogP contribution in [0.3, 0.4) is 0 Å². The van der Waals surface area contributed by atoms with Crippen LogP contribution in [-0.4, -0.2) is 22.9 Å². The monoisotopic (exact) mass is 291 g/mol. The summed E-state index contributed by atoms with van der Waals surface area (Å²) in [5.41, 5.74) is 0.522. The fourth-order valence-electron chi connectivity index (χ4n) is 1.66. The molecule has 0 saturated carbocycles. The quantitative estimate of drug-likeness (QED) is 0.643. The SMILES string of the molecule is CN(C(=O)c1cc([N+](=O)[O-])ccc1Cl)c1ccncc1. The molecular weight excluding hydrogens is 282 g/mol. The van der Waals surface area contributed by atoms with Gasteiger partial charge in [0.05, 0.1) is 15.5 Å². The van der Waals surface area contributed by atoms with Crippen LogP contribution in [0.1, 0.15) is 10.4 Å². The largest absolute Gasteiger partial charge is 0.311 e. The second-order valence-electron chi connectivity index (χ2n) is 3.99. The van der Waals surface area contributed by atoms with Gasteiger partial charge in [-0.05, 0) is 18.2 Å². The lowest BCUT2D eigenvalue weighted by Crippen LogP contribution is -2.26. The van der Waals surface area contributed by atoms with E-state index in [-0.39, 0.29) is 16.3 Å². The van der Waals surface area contributed by atoms with Crippen molar-refractivity contribution in [3.05, 3.63) is 63.4 Å². The summed E-state index contributed by atoms with van der Waals surface area (Å²) < 4.78 is 0. The molecule has 0 fully saturated rings. The molecule has 102 valence electrons. The third-order valence-corrected chi connectivity index (χ3v) is 3.08. The first-order valence-corrected chi connectivity index (χ1v) is 6.00. The predicted octanol–water partition coefficient (Wildman–Crippen LogP) is 2.92. The summed E-state index contributed by atoms with van der Waals surface area (Å²) in [6, 6.07) is 7.08. The number of non-ortho nitro benzene ring substituents is 1. The number of amides is 1. The number of anilines is 1. The van der Waals surface area contributed by atoms with Crippen molar-refractivity contribution >= 4 is 28.9 Å². The Balaban J connectivity index is 2.38. The molecule has 1 amide bonds. The molecular formula is C13H10ClN3O3. The van der Waals surface area contributed by atoms with Crippen LogP contribution in [0.4, 0.5) is 11.4 Å². The highest BCUT2D eigenvalue weighted by Crippen LogP contribution is 2.24. The summed E-state index contributed by atoms with van der Waals surface area (Å²) in [5.74, 6) is -0.426. The molecule has 0 aliphatic heterocycles. The number of hydrogen-bond donors (Lipinski definition) is 0. The third kappa shape index (κ3) is 2.75. The van der Waals surface area contributed by atoms with E-state index in [9.17, 15) is 14.9 Å². The summed E-state index contributed by atoms with van der Waals surface area (Å²) >= 11 is 5.94. The Bertz CT molecular complexity index is 661. The molecule has 0 saturated heterocycles. The number of carbonyl (C=O) groups excluding carboxylic acids is 1. The van der Waals surface area contributed by atoms with Crippen LogP contribution in [0.15, 0.2) is 42.7 Å².